The van der Waals surface area contributed by atoms with Crippen LogP contribution < -0.4 is 10.3 Å². The molecule has 0 spiro atoms. The summed E-state index contributed by atoms with van der Waals surface area (Å²) >= 11 is 0. The molecule has 0 saturated heterocycles. The van der Waals surface area contributed by atoms with Crippen molar-refractivity contribution in [1.82, 2.24) is 14.3 Å². The lowest BCUT2D eigenvalue weighted by Gasteiger charge is -2.14. The van der Waals surface area contributed by atoms with Gasteiger partial charge in [0.15, 0.2) is 0 Å². The Kier molecular flexibility index (Phi) is 4.87. The van der Waals surface area contributed by atoms with Crippen LogP contribution in [0.5, 0.6) is 5.75 Å². The average molecular weight is 403 g/mol. The normalized spacial score (nSPS) is 10.9. The SMILES string of the molecule is COC(=O)c1cn(-c2ccc(C)cc2C)cc2c(=O)n(-c3ccc(OC)cc3)nc1-2. The summed E-state index contributed by atoms with van der Waals surface area (Å²) in [6.45, 7) is 4.00. The Hall–Kier alpha value is -3.87. The summed E-state index contributed by atoms with van der Waals surface area (Å²) in [7, 11) is 2.88. The second-order valence-corrected chi connectivity index (χ2v) is 7.04. The second-order valence-electron chi connectivity index (χ2n) is 7.04. The molecule has 0 amide bonds. The van der Waals surface area contributed by atoms with Gasteiger partial charge >= 0.3 is 5.97 Å². The van der Waals surface area contributed by atoms with Gasteiger partial charge in [-0.25, -0.2) is 4.79 Å². The van der Waals surface area contributed by atoms with Crippen LogP contribution in [-0.4, -0.2) is 34.5 Å². The number of nitrogens with zero attached hydrogens (tertiary/aromatic N) is 3. The lowest BCUT2D eigenvalue weighted by Crippen LogP contribution is -2.15. The van der Waals surface area contributed by atoms with Crippen molar-refractivity contribution in [1.29, 1.82) is 0 Å². The fourth-order valence-electron chi connectivity index (χ4n) is 3.50. The number of esters is 1. The van der Waals surface area contributed by atoms with E-state index in [1.165, 1.54) is 11.8 Å². The predicted molar refractivity (Wildman–Crippen MR) is 113 cm³/mol. The van der Waals surface area contributed by atoms with Crippen LogP contribution in [0.2, 0.25) is 0 Å². The van der Waals surface area contributed by atoms with Gasteiger partial charge in [-0.15, -0.1) is 0 Å². The Morgan fingerprint density at radius 1 is 1.00 bits per heavy atom. The summed E-state index contributed by atoms with van der Waals surface area (Å²) in [6.07, 6.45) is 3.35. The molecule has 7 heteroatoms. The summed E-state index contributed by atoms with van der Waals surface area (Å²) < 4.78 is 13.2. The first kappa shape index (κ1) is 19.4. The molecule has 0 saturated carbocycles. The number of hydrogen-bond acceptors (Lipinski definition) is 5. The van der Waals surface area contributed by atoms with Crippen LogP contribution in [0, 0.1) is 13.8 Å². The Morgan fingerprint density at radius 3 is 2.37 bits per heavy atom. The molecule has 30 heavy (non-hydrogen) atoms. The van der Waals surface area contributed by atoms with E-state index in [4.69, 9.17) is 9.47 Å². The van der Waals surface area contributed by atoms with E-state index >= 15 is 0 Å². The summed E-state index contributed by atoms with van der Waals surface area (Å²) in [4.78, 5) is 25.7. The molecule has 2 heterocycles. The van der Waals surface area contributed by atoms with E-state index in [1.807, 2.05) is 32.0 Å². The minimum atomic E-state index is -0.557. The van der Waals surface area contributed by atoms with Crippen LogP contribution in [-0.2, 0) is 4.74 Å². The smallest absolute Gasteiger partial charge is 0.341 e. The monoisotopic (exact) mass is 403 g/mol. The molecular weight excluding hydrogens is 382 g/mol. The van der Waals surface area contributed by atoms with Gasteiger partial charge in [0.2, 0.25) is 0 Å². The highest BCUT2D eigenvalue weighted by Gasteiger charge is 2.25. The van der Waals surface area contributed by atoms with Crippen LogP contribution in [0.3, 0.4) is 0 Å². The first-order valence-corrected chi connectivity index (χ1v) is 9.38. The zero-order valence-corrected chi connectivity index (χ0v) is 17.2. The quantitative estimate of drug-likeness (QED) is 0.487. The largest absolute Gasteiger partial charge is 0.497 e. The van der Waals surface area contributed by atoms with Gasteiger partial charge in [0.25, 0.3) is 5.56 Å². The fourth-order valence-corrected chi connectivity index (χ4v) is 3.50. The summed E-state index contributed by atoms with van der Waals surface area (Å²) in [5.41, 5.74) is 4.11. The number of ether oxygens (including phenoxy) is 2. The lowest BCUT2D eigenvalue weighted by atomic mass is 10.1. The molecule has 2 aliphatic heterocycles. The van der Waals surface area contributed by atoms with Crippen LogP contribution >= 0.6 is 0 Å². The molecule has 152 valence electrons. The van der Waals surface area contributed by atoms with E-state index in [0.717, 1.165) is 16.8 Å². The Bertz CT molecular complexity index is 1270. The number of fused-ring (bicyclic) bond motifs is 1. The van der Waals surface area contributed by atoms with Crippen LogP contribution in [0.4, 0.5) is 0 Å². The third-order valence-electron chi connectivity index (χ3n) is 5.02. The fraction of sp³-hybridized carbons (Fsp3) is 0.174. The zero-order chi connectivity index (χ0) is 21.4. The highest BCUT2D eigenvalue weighted by molar-refractivity contribution is 5.96. The molecule has 0 fully saturated rings. The number of carbonyl (C=O) groups excluding carboxylic acids is 1. The molecule has 0 unspecified atom stereocenters. The van der Waals surface area contributed by atoms with E-state index in [9.17, 15) is 9.59 Å². The minimum absolute atomic E-state index is 0.222. The maximum atomic E-state index is 13.2. The summed E-state index contributed by atoms with van der Waals surface area (Å²) in [5, 5.41) is 4.43. The number of aryl methyl sites for hydroxylation is 2. The first-order chi connectivity index (χ1) is 14.4. The van der Waals surface area contributed by atoms with Crippen molar-refractivity contribution in [2.75, 3.05) is 14.2 Å². The molecule has 0 atom stereocenters. The minimum Gasteiger partial charge on any atom is -0.497 e. The standard InChI is InChI=1S/C23H21N3O4/c1-14-5-10-20(15(2)11-14)25-12-18-21(19(13-25)23(28)30-4)24-26(22(18)27)16-6-8-17(29-3)9-7-16/h5-13H,1-4H3. The average Bonchev–Trinajstić information content (AvgIpc) is 3.09. The lowest BCUT2D eigenvalue weighted by molar-refractivity contribution is 0.0600. The van der Waals surface area contributed by atoms with Gasteiger partial charge in [0.1, 0.15) is 17.0 Å². The molecule has 0 radical (unpaired) electrons. The van der Waals surface area contributed by atoms with Crippen molar-refractivity contribution in [2.45, 2.75) is 13.8 Å². The number of benzene rings is 2. The number of methoxy groups -OCH3 is 2. The highest BCUT2D eigenvalue weighted by Crippen LogP contribution is 2.26. The second kappa shape index (κ2) is 7.51. The van der Waals surface area contributed by atoms with Crippen molar-refractivity contribution in [3.05, 3.63) is 81.9 Å². The maximum Gasteiger partial charge on any atom is 0.341 e. The van der Waals surface area contributed by atoms with Crippen LogP contribution in [0.15, 0.2) is 59.7 Å². The van der Waals surface area contributed by atoms with Gasteiger partial charge in [0.05, 0.1) is 25.5 Å². The van der Waals surface area contributed by atoms with Gasteiger partial charge in [-0.1, -0.05) is 17.7 Å². The number of hydrogen-bond donors (Lipinski definition) is 0. The van der Waals surface area contributed by atoms with Gasteiger partial charge in [-0.3, -0.25) is 4.79 Å². The Morgan fingerprint density at radius 2 is 1.73 bits per heavy atom. The van der Waals surface area contributed by atoms with Gasteiger partial charge < -0.3 is 14.0 Å². The van der Waals surface area contributed by atoms with Gasteiger partial charge in [0, 0.05) is 18.1 Å². The van der Waals surface area contributed by atoms with Crippen molar-refractivity contribution in [3.63, 3.8) is 0 Å². The number of rotatable bonds is 4. The van der Waals surface area contributed by atoms with E-state index in [-0.39, 0.29) is 11.1 Å². The molecule has 2 aliphatic rings. The molecule has 0 aromatic heterocycles. The topological polar surface area (TPSA) is 75.3 Å². The maximum absolute atomic E-state index is 13.2. The van der Waals surface area contributed by atoms with Gasteiger partial charge in [-0.05, 0) is 49.7 Å². The highest BCUT2D eigenvalue weighted by atomic mass is 16.5. The molecule has 7 nitrogen and oxygen atoms in total. The van der Waals surface area contributed by atoms with E-state index in [2.05, 4.69) is 5.10 Å². The number of carbonyl (C=O) groups is 1. The predicted octanol–water partition coefficient (Wildman–Crippen LogP) is 3.54. The number of aromatic nitrogens is 3. The van der Waals surface area contributed by atoms with Gasteiger partial charge in [-0.2, -0.15) is 9.78 Å². The third kappa shape index (κ3) is 3.24. The molecule has 2 aromatic carbocycles. The van der Waals surface area contributed by atoms with Crippen molar-refractivity contribution in [2.24, 2.45) is 0 Å². The molecule has 0 aliphatic carbocycles. The van der Waals surface area contributed by atoms with Crippen molar-refractivity contribution >= 4 is 5.97 Å². The number of pyridine rings is 1. The van der Waals surface area contributed by atoms with E-state index in [0.29, 0.717) is 22.7 Å². The summed E-state index contributed by atoms with van der Waals surface area (Å²) in [5.74, 6) is 0.115. The molecule has 4 rings (SSSR count). The first-order valence-electron chi connectivity index (χ1n) is 9.38. The molecule has 0 N–H and O–H groups in total. The van der Waals surface area contributed by atoms with Crippen LogP contribution in [0.25, 0.3) is 22.6 Å². The van der Waals surface area contributed by atoms with E-state index < -0.39 is 5.97 Å². The molecule has 2 aromatic rings. The van der Waals surface area contributed by atoms with E-state index in [1.54, 1.807) is 48.3 Å². The summed E-state index contributed by atoms with van der Waals surface area (Å²) in [6, 6.07) is 13.0. The third-order valence-corrected chi connectivity index (χ3v) is 5.02. The van der Waals surface area contributed by atoms with Crippen molar-refractivity contribution < 1.29 is 14.3 Å². The Labute approximate surface area is 173 Å². The van der Waals surface area contributed by atoms with Crippen LogP contribution in [0.1, 0.15) is 21.5 Å². The molecule has 0 bridgehead atoms. The molecular formula is C23H21N3O4. The van der Waals surface area contributed by atoms with Crippen molar-refractivity contribution in [3.8, 4) is 28.4 Å². The zero-order valence-electron chi connectivity index (χ0n) is 17.2. The Balaban J connectivity index is 1.97.